The first kappa shape index (κ1) is 14.9. The van der Waals surface area contributed by atoms with Crippen molar-refractivity contribution in [1.29, 1.82) is 0 Å². The van der Waals surface area contributed by atoms with E-state index in [1.807, 2.05) is 42.5 Å². The molecule has 0 fully saturated rings. The van der Waals surface area contributed by atoms with Crippen LogP contribution in [0.25, 0.3) is 0 Å². The number of hydrogen-bond acceptors (Lipinski definition) is 3. The van der Waals surface area contributed by atoms with Crippen LogP contribution in [-0.2, 0) is 6.54 Å². The van der Waals surface area contributed by atoms with Gasteiger partial charge in [-0.2, -0.15) is 0 Å². The third-order valence-electron chi connectivity index (χ3n) is 3.12. The Morgan fingerprint density at radius 1 is 1.25 bits per heavy atom. The summed E-state index contributed by atoms with van der Waals surface area (Å²) in [5.74, 6) is 0.843. The summed E-state index contributed by atoms with van der Waals surface area (Å²) in [5.41, 5.74) is 2.88. The highest BCUT2D eigenvalue weighted by molar-refractivity contribution is 9.10. The van der Waals surface area contributed by atoms with Crippen LogP contribution in [0.1, 0.15) is 24.2 Å². The number of halogens is 1. The van der Waals surface area contributed by atoms with Crippen LogP contribution >= 0.6 is 15.9 Å². The molecule has 20 heavy (non-hydrogen) atoms. The number of hydrogen-bond donors (Lipinski definition) is 2. The summed E-state index contributed by atoms with van der Waals surface area (Å²) in [6.07, 6.45) is -0.497. The van der Waals surface area contributed by atoms with Crippen molar-refractivity contribution in [2.75, 3.05) is 12.4 Å². The molecular formula is C16H18BrNO2. The minimum atomic E-state index is -0.497. The van der Waals surface area contributed by atoms with Crippen molar-refractivity contribution >= 4 is 21.6 Å². The first-order valence-corrected chi connectivity index (χ1v) is 7.24. The van der Waals surface area contributed by atoms with Crippen LogP contribution in [0, 0.1) is 0 Å². The topological polar surface area (TPSA) is 41.5 Å². The number of aliphatic hydroxyl groups is 1. The molecule has 0 heterocycles. The Morgan fingerprint density at radius 2 is 2.00 bits per heavy atom. The van der Waals surface area contributed by atoms with E-state index in [0.717, 1.165) is 27.0 Å². The lowest BCUT2D eigenvalue weighted by Crippen LogP contribution is -2.05. The number of aliphatic hydroxyl groups excluding tert-OH is 1. The molecule has 3 nitrogen and oxygen atoms in total. The van der Waals surface area contributed by atoms with Crippen LogP contribution in [0.5, 0.6) is 5.75 Å². The van der Waals surface area contributed by atoms with Crippen LogP contribution in [0.2, 0.25) is 0 Å². The fourth-order valence-electron chi connectivity index (χ4n) is 2.10. The van der Waals surface area contributed by atoms with Gasteiger partial charge in [-0.05, 0) is 31.2 Å². The van der Waals surface area contributed by atoms with Crippen molar-refractivity contribution in [1.82, 2.24) is 0 Å². The smallest absolute Gasteiger partial charge is 0.123 e. The Balaban J connectivity index is 2.19. The highest BCUT2D eigenvalue weighted by Crippen LogP contribution is 2.26. The van der Waals surface area contributed by atoms with Gasteiger partial charge in [0.2, 0.25) is 0 Å². The number of anilines is 1. The van der Waals surface area contributed by atoms with Gasteiger partial charge in [-0.15, -0.1) is 0 Å². The van der Waals surface area contributed by atoms with Gasteiger partial charge in [0.1, 0.15) is 5.75 Å². The molecule has 0 spiro atoms. The number of rotatable bonds is 5. The number of ether oxygens (including phenoxy) is 1. The fraction of sp³-hybridized carbons (Fsp3) is 0.250. The SMILES string of the molecule is COc1ccc(Br)cc1CNc1ccccc1C(C)O. The molecule has 4 heteroatoms. The molecule has 0 radical (unpaired) electrons. The second-order valence-electron chi connectivity index (χ2n) is 4.57. The summed E-state index contributed by atoms with van der Waals surface area (Å²) < 4.78 is 6.37. The molecule has 2 N–H and O–H groups in total. The molecule has 1 unspecified atom stereocenters. The Hall–Kier alpha value is -1.52. The summed E-state index contributed by atoms with van der Waals surface area (Å²) in [6.45, 7) is 2.40. The van der Waals surface area contributed by atoms with Crippen molar-refractivity contribution in [2.24, 2.45) is 0 Å². The van der Waals surface area contributed by atoms with Crippen molar-refractivity contribution < 1.29 is 9.84 Å². The third kappa shape index (κ3) is 3.52. The lowest BCUT2D eigenvalue weighted by molar-refractivity contribution is 0.200. The van der Waals surface area contributed by atoms with Gasteiger partial charge in [-0.25, -0.2) is 0 Å². The summed E-state index contributed by atoms with van der Waals surface area (Å²) in [6, 6.07) is 13.7. The Morgan fingerprint density at radius 3 is 2.70 bits per heavy atom. The van der Waals surface area contributed by atoms with Gasteiger partial charge in [0.15, 0.2) is 0 Å². The number of methoxy groups -OCH3 is 1. The van der Waals surface area contributed by atoms with E-state index in [-0.39, 0.29) is 0 Å². The molecule has 0 amide bonds. The van der Waals surface area contributed by atoms with Gasteiger partial charge in [0, 0.05) is 27.8 Å². The molecule has 0 aliphatic rings. The monoisotopic (exact) mass is 335 g/mol. The molecule has 0 bridgehead atoms. The van der Waals surface area contributed by atoms with E-state index >= 15 is 0 Å². The Labute approximate surface area is 127 Å². The molecule has 2 rings (SSSR count). The van der Waals surface area contributed by atoms with Crippen LogP contribution in [0.15, 0.2) is 46.9 Å². The molecule has 106 valence electrons. The zero-order valence-electron chi connectivity index (χ0n) is 11.6. The van der Waals surface area contributed by atoms with E-state index < -0.39 is 6.10 Å². The van der Waals surface area contributed by atoms with E-state index in [2.05, 4.69) is 21.2 Å². The zero-order chi connectivity index (χ0) is 14.5. The first-order chi connectivity index (χ1) is 9.61. The lowest BCUT2D eigenvalue weighted by atomic mass is 10.1. The van der Waals surface area contributed by atoms with E-state index in [1.165, 1.54) is 0 Å². The molecule has 2 aromatic carbocycles. The number of nitrogens with one attached hydrogen (secondary N) is 1. The summed E-state index contributed by atoms with van der Waals surface area (Å²) in [7, 11) is 1.66. The van der Waals surface area contributed by atoms with Crippen molar-refractivity contribution in [2.45, 2.75) is 19.6 Å². The van der Waals surface area contributed by atoms with E-state index in [0.29, 0.717) is 6.54 Å². The average Bonchev–Trinajstić information content (AvgIpc) is 2.45. The molecular weight excluding hydrogens is 318 g/mol. The number of para-hydroxylation sites is 1. The summed E-state index contributed by atoms with van der Waals surface area (Å²) in [4.78, 5) is 0. The molecule has 1 atom stereocenters. The van der Waals surface area contributed by atoms with Crippen LogP contribution in [-0.4, -0.2) is 12.2 Å². The largest absolute Gasteiger partial charge is 0.496 e. The lowest BCUT2D eigenvalue weighted by Gasteiger charge is -2.15. The summed E-state index contributed by atoms with van der Waals surface area (Å²) in [5, 5.41) is 13.1. The predicted molar refractivity (Wildman–Crippen MR) is 85.1 cm³/mol. The van der Waals surface area contributed by atoms with Gasteiger partial charge < -0.3 is 15.2 Å². The molecule has 0 aromatic heterocycles. The van der Waals surface area contributed by atoms with E-state index in [9.17, 15) is 5.11 Å². The standard InChI is InChI=1S/C16H18BrNO2/c1-11(19)14-5-3-4-6-15(14)18-10-12-9-13(17)7-8-16(12)20-2/h3-9,11,18-19H,10H2,1-2H3. The van der Waals surface area contributed by atoms with Gasteiger partial charge in [0.05, 0.1) is 13.2 Å². The molecule has 0 aliphatic heterocycles. The van der Waals surface area contributed by atoms with Crippen molar-refractivity contribution in [3.05, 3.63) is 58.1 Å². The molecule has 0 saturated carbocycles. The van der Waals surface area contributed by atoms with Crippen molar-refractivity contribution in [3.8, 4) is 5.75 Å². The molecule has 0 saturated heterocycles. The highest BCUT2D eigenvalue weighted by Gasteiger charge is 2.08. The van der Waals surface area contributed by atoms with Crippen LogP contribution in [0.3, 0.4) is 0 Å². The van der Waals surface area contributed by atoms with Gasteiger partial charge in [-0.3, -0.25) is 0 Å². The maximum atomic E-state index is 9.77. The summed E-state index contributed by atoms with van der Waals surface area (Å²) >= 11 is 3.47. The Bertz CT molecular complexity index is 584. The minimum Gasteiger partial charge on any atom is -0.496 e. The first-order valence-electron chi connectivity index (χ1n) is 6.45. The number of benzene rings is 2. The maximum Gasteiger partial charge on any atom is 0.123 e. The Kier molecular flexibility index (Phi) is 5.04. The second kappa shape index (κ2) is 6.77. The van der Waals surface area contributed by atoms with E-state index in [4.69, 9.17) is 4.74 Å². The van der Waals surface area contributed by atoms with Crippen molar-refractivity contribution in [3.63, 3.8) is 0 Å². The molecule has 0 aliphatic carbocycles. The average molecular weight is 336 g/mol. The third-order valence-corrected chi connectivity index (χ3v) is 3.62. The van der Waals surface area contributed by atoms with Crippen LogP contribution < -0.4 is 10.1 Å². The zero-order valence-corrected chi connectivity index (χ0v) is 13.1. The van der Waals surface area contributed by atoms with Gasteiger partial charge in [0.25, 0.3) is 0 Å². The molecule has 2 aromatic rings. The second-order valence-corrected chi connectivity index (χ2v) is 5.49. The maximum absolute atomic E-state index is 9.77. The highest BCUT2D eigenvalue weighted by atomic mass is 79.9. The quantitative estimate of drug-likeness (QED) is 0.863. The van der Waals surface area contributed by atoms with E-state index in [1.54, 1.807) is 14.0 Å². The van der Waals surface area contributed by atoms with Gasteiger partial charge >= 0.3 is 0 Å². The van der Waals surface area contributed by atoms with Crippen LogP contribution in [0.4, 0.5) is 5.69 Å². The van der Waals surface area contributed by atoms with Gasteiger partial charge in [-0.1, -0.05) is 34.1 Å². The predicted octanol–water partition coefficient (Wildman–Crippen LogP) is 4.12. The minimum absolute atomic E-state index is 0.497. The normalized spacial score (nSPS) is 12.0. The fourth-order valence-corrected chi connectivity index (χ4v) is 2.51.